The number of hydrogen-bond donors (Lipinski definition) is 3. The summed E-state index contributed by atoms with van der Waals surface area (Å²) in [6, 6.07) is 17.9. The first-order valence-corrected chi connectivity index (χ1v) is 15.9. The Morgan fingerprint density at radius 1 is 1.12 bits per heavy atom. The molecule has 0 bridgehead atoms. The van der Waals surface area contributed by atoms with Gasteiger partial charge in [-0.3, -0.25) is 0 Å². The van der Waals surface area contributed by atoms with Gasteiger partial charge in [0.1, 0.15) is 0 Å². The minimum absolute atomic E-state index is 0.516. The number of anilines is 2. The van der Waals surface area contributed by atoms with E-state index in [1.807, 2.05) is 42.5 Å². The van der Waals surface area contributed by atoms with Gasteiger partial charge in [0.2, 0.25) is 0 Å². The molecule has 0 aliphatic rings. The van der Waals surface area contributed by atoms with Crippen molar-refractivity contribution in [2.45, 2.75) is 39.2 Å². The van der Waals surface area contributed by atoms with Crippen molar-refractivity contribution >= 4 is 42.5 Å². The number of aliphatic hydroxyl groups is 1. The summed E-state index contributed by atoms with van der Waals surface area (Å²) in [6.07, 6.45) is 4.21. The third kappa shape index (κ3) is 5.65. The Hall–Kier alpha value is -2.65. The van der Waals surface area contributed by atoms with Crippen LogP contribution >= 0.6 is 19.8 Å². The number of pyridine rings is 1. The minimum atomic E-state index is -1.29. The Bertz CT molecular complexity index is 1230. The third-order valence-electron chi connectivity index (χ3n) is 5.37. The van der Waals surface area contributed by atoms with Crippen molar-refractivity contribution in [2.75, 3.05) is 14.7 Å². The SMILES string of the molecule is CCCCI(C)c1ccccc1Oc1ncccc1Nc1nc2ccc(C(C)(C)O)cc2[nH]1. The van der Waals surface area contributed by atoms with Crippen LogP contribution in [-0.4, -0.2) is 29.4 Å². The van der Waals surface area contributed by atoms with Gasteiger partial charge in [-0.25, -0.2) is 0 Å². The van der Waals surface area contributed by atoms with E-state index in [0.29, 0.717) is 11.8 Å². The van der Waals surface area contributed by atoms with Crippen LogP contribution in [0.5, 0.6) is 11.6 Å². The number of alkyl halides is 2. The summed E-state index contributed by atoms with van der Waals surface area (Å²) in [5.74, 6) is 2.00. The van der Waals surface area contributed by atoms with Crippen LogP contribution in [-0.2, 0) is 5.60 Å². The third-order valence-corrected chi connectivity index (χ3v) is 10.6. The van der Waals surface area contributed by atoms with E-state index in [4.69, 9.17) is 4.74 Å². The number of para-hydroxylation sites is 1. The molecule has 0 aliphatic carbocycles. The Morgan fingerprint density at radius 3 is 2.73 bits per heavy atom. The normalized spacial score (nSPS) is 12.1. The molecule has 6 nitrogen and oxygen atoms in total. The van der Waals surface area contributed by atoms with Crippen molar-refractivity contribution in [3.8, 4) is 11.6 Å². The second kappa shape index (κ2) is 10.1. The second-order valence-corrected chi connectivity index (χ2v) is 14.1. The van der Waals surface area contributed by atoms with Gasteiger partial charge in [0.25, 0.3) is 0 Å². The molecule has 0 unspecified atom stereocenters. The molecule has 0 aliphatic heterocycles. The summed E-state index contributed by atoms with van der Waals surface area (Å²) in [5, 5.41) is 13.6. The fourth-order valence-electron chi connectivity index (χ4n) is 3.48. The predicted octanol–water partition coefficient (Wildman–Crippen LogP) is 6.83. The van der Waals surface area contributed by atoms with Crippen LogP contribution < -0.4 is 10.1 Å². The molecule has 0 atom stereocenters. The number of unbranched alkanes of at least 4 members (excludes halogenated alkanes) is 1. The van der Waals surface area contributed by atoms with E-state index in [9.17, 15) is 5.11 Å². The first kappa shape index (κ1) is 23.5. The van der Waals surface area contributed by atoms with Crippen molar-refractivity contribution in [1.82, 2.24) is 15.0 Å². The van der Waals surface area contributed by atoms with Gasteiger partial charge in [0, 0.05) is 0 Å². The number of aromatic nitrogens is 3. The average Bonchev–Trinajstić information content (AvgIpc) is 3.20. The molecule has 2 aromatic heterocycles. The maximum absolute atomic E-state index is 10.3. The Morgan fingerprint density at radius 2 is 1.94 bits per heavy atom. The number of fused-ring (bicyclic) bond motifs is 1. The van der Waals surface area contributed by atoms with Crippen LogP contribution in [0.25, 0.3) is 11.0 Å². The van der Waals surface area contributed by atoms with Crippen molar-refractivity contribution in [3.05, 3.63) is 69.9 Å². The predicted molar refractivity (Wildman–Crippen MR) is 144 cm³/mol. The Labute approximate surface area is 202 Å². The van der Waals surface area contributed by atoms with E-state index in [-0.39, 0.29) is 0 Å². The van der Waals surface area contributed by atoms with E-state index in [2.05, 4.69) is 44.3 Å². The summed E-state index contributed by atoms with van der Waals surface area (Å²) in [5.41, 5.74) is 2.32. The summed E-state index contributed by atoms with van der Waals surface area (Å²) in [7, 11) is 0. The van der Waals surface area contributed by atoms with Gasteiger partial charge in [-0.05, 0) is 13.8 Å². The van der Waals surface area contributed by atoms with Gasteiger partial charge in [0.05, 0.1) is 0 Å². The molecule has 2 aromatic carbocycles. The molecule has 0 radical (unpaired) electrons. The van der Waals surface area contributed by atoms with Crippen molar-refractivity contribution < 1.29 is 9.84 Å². The monoisotopic (exact) mass is 558 g/mol. The molecule has 0 saturated carbocycles. The number of ether oxygens (including phenoxy) is 1. The van der Waals surface area contributed by atoms with Crippen LogP contribution in [0.3, 0.4) is 0 Å². The number of hydrogen-bond acceptors (Lipinski definition) is 5. The summed E-state index contributed by atoms with van der Waals surface area (Å²) in [4.78, 5) is 14.8. The molecule has 174 valence electrons. The van der Waals surface area contributed by atoms with Crippen molar-refractivity contribution in [2.24, 2.45) is 0 Å². The number of H-pyrrole nitrogens is 1. The first-order valence-electron chi connectivity index (χ1n) is 11.1. The van der Waals surface area contributed by atoms with Crippen molar-refractivity contribution in [1.29, 1.82) is 0 Å². The number of imidazole rings is 1. The number of nitrogens with one attached hydrogen (secondary N) is 2. The van der Waals surface area contributed by atoms with Gasteiger partial charge < -0.3 is 5.11 Å². The summed E-state index contributed by atoms with van der Waals surface area (Å²) >= 11 is -1.29. The number of halogens is 1. The summed E-state index contributed by atoms with van der Waals surface area (Å²) in [6.45, 7) is 5.78. The molecule has 0 fully saturated rings. The van der Waals surface area contributed by atoms with Crippen molar-refractivity contribution in [3.63, 3.8) is 0 Å². The summed E-state index contributed by atoms with van der Waals surface area (Å²) < 4.78 is 8.96. The van der Waals surface area contributed by atoms with Gasteiger partial charge >= 0.3 is 184 Å². The van der Waals surface area contributed by atoms with Gasteiger partial charge in [-0.1, -0.05) is 0 Å². The Balaban J connectivity index is 1.59. The molecule has 0 saturated heterocycles. The van der Waals surface area contributed by atoms with Gasteiger partial charge in [0.15, 0.2) is 0 Å². The number of nitrogens with zero attached hydrogens (tertiary/aromatic N) is 2. The molecule has 3 N–H and O–H groups in total. The molecule has 0 spiro atoms. The van der Waals surface area contributed by atoms with Crippen LogP contribution in [0.1, 0.15) is 39.2 Å². The molecule has 2 heterocycles. The molecular weight excluding hydrogens is 527 g/mol. The average molecular weight is 558 g/mol. The second-order valence-electron chi connectivity index (χ2n) is 8.52. The fourth-order valence-corrected chi connectivity index (χ4v) is 7.99. The van der Waals surface area contributed by atoms with E-state index in [1.165, 1.54) is 20.8 Å². The molecule has 4 aromatic rings. The zero-order valence-corrected chi connectivity index (χ0v) is 21.7. The maximum atomic E-state index is 10.3. The quantitative estimate of drug-likeness (QED) is 0.155. The van der Waals surface area contributed by atoms with Gasteiger partial charge in [-0.15, -0.1) is 0 Å². The fraction of sp³-hybridized carbons (Fsp3) is 0.308. The van der Waals surface area contributed by atoms with Crippen LogP contribution in [0.15, 0.2) is 60.8 Å². The van der Waals surface area contributed by atoms with Crippen LogP contribution in [0, 0.1) is 3.57 Å². The standard InChI is InChI=1S/C26H31IN4O2/c1-5-6-15-27(4)19-10-7-8-12-23(19)33-24-21(11-9-16-28-24)30-25-29-20-14-13-18(26(2,3)32)17-22(20)31-25/h7-14,16-17,32H,5-6,15H2,1-4H3,(H2,29,30,31). The number of benzene rings is 2. The van der Waals surface area contributed by atoms with Crippen LogP contribution in [0.2, 0.25) is 0 Å². The van der Waals surface area contributed by atoms with E-state index in [1.54, 1.807) is 20.0 Å². The zero-order chi connectivity index (χ0) is 23.4. The van der Waals surface area contributed by atoms with E-state index >= 15 is 0 Å². The molecule has 33 heavy (non-hydrogen) atoms. The topological polar surface area (TPSA) is 83.1 Å². The molecular formula is C26H31IN4O2. The molecule has 0 amide bonds. The van der Waals surface area contributed by atoms with E-state index < -0.39 is 25.4 Å². The molecule has 4 rings (SSSR count). The Kier molecular flexibility index (Phi) is 7.19. The number of rotatable bonds is 9. The van der Waals surface area contributed by atoms with E-state index in [0.717, 1.165) is 28.0 Å². The van der Waals surface area contributed by atoms with Gasteiger partial charge in [-0.2, -0.15) is 0 Å². The van der Waals surface area contributed by atoms with Crippen LogP contribution in [0.4, 0.5) is 11.6 Å². The number of aromatic amines is 1. The molecule has 7 heteroatoms. The first-order chi connectivity index (χ1) is 15.8. The zero-order valence-electron chi connectivity index (χ0n) is 19.5.